The van der Waals surface area contributed by atoms with E-state index in [1.54, 1.807) is 0 Å². The number of piperazine rings is 1. The van der Waals surface area contributed by atoms with Crippen molar-refractivity contribution in [1.29, 1.82) is 0 Å². The Morgan fingerprint density at radius 2 is 1.52 bits per heavy atom. The van der Waals surface area contributed by atoms with E-state index < -0.39 is 11.7 Å². The van der Waals surface area contributed by atoms with E-state index in [4.69, 9.17) is 0 Å². The molecule has 0 saturated carbocycles. The van der Waals surface area contributed by atoms with Crippen LogP contribution in [0.2, 0.25) is 0 Å². The lowest BCUT2D eigenvalue weighted by Crippen LogP contribution is -2.46. The summed E-state index contributed by atoms with van der Waals surface area (Å²) in [6, 6.07) is 12.6. The Morgan fingerprint density at radius 1 is 0.926 bits per heavy atom. The highest BCUT2D eigenvalue weighted by atomic mass is 79.9. The summed E-state index contributed by atoms with van der Waals surface area (Å²) in [5.74, 6) is 0.118. The van der Waals surface area contributed by atoms with Crippen molar-refractivity contribution < 1.29 is 18.0 Å². The Bertz CT molecular complexity index is 767. The average Bonchev–Trinajstić information content (AvgIpc) is 2.66. The van der Waals surface area contributed by atoms with Crippen LogP contribution in [0.4, 0.5) is 18.9 Å². The van der Waals surface area contributed by atoms with E-state index in [1.807, 2.05) is 24.3 Å². The van der Waals surface area contributed by atoms with Gasteiger partial charge in [0.2, 0.25) is 0 Å². The van der Waals surface area contributed by atoms with Crippen LogP contribution in [0.5, 0.6) is 0 Å². The Balaban J connectivity index is 1.47. The van der Waals surface area contributed by atoms with Crippen LogP contribution in [0.15, 0.2) is 53.0 Å². The van der Waals surface area contributed by atoms with Crippen LogP contribution >= 0.6 is 15.9 Å². The molecule has 0 amide bonds. The molecule has 0 spiro atoms. The van der Waals surface area contributed by atoms with Gasteiger partial charge in [0.1, 0.15) is 0 Å². The highest BCUT2D eigenvalue weighted by molar-refractivity contribution is 9.10. The predicted molar refractivity (Wildman–Crippen MR) is 103 cm³/mol. The lowest BCUT2D eigenvalue weighted by Gasteiger charge is -2.36. The minimum Gasteiger partial charge on any atom is -0.369 e. The number of carbonyl (C=O) groups excluding carboxylic acids is 1. The maximum atomic E-state index is 12.7. The molecule has 27 heavy (non-hydrogen) atoms. The number of carbonyl (C=O) groups is 1. The molecule has 2 aromatic carbocycles. The maximum Gasteiger partial charge on any atom is 0.416 e. The SMILES string of the molecule is O=C(CCN1CCN(c2ccc(C(F)(F)F)cc2)CC1)c1ccc(Br)cc1. The molecule has 7 heteroatoms. The van der Waals surface area contributed by atoms with Crippen LogP contribution in [0.1, 0.15) is 22.3 Å². The molecule has 0 N–H and O–H groups in total. The number of hydrogen-bond donors (Lipinski definition) is 0. The number of halogens is 4. The quantitative estimate of drug-likeness (QED) is 0.620. The van der Waals surface area contributed by atoms with Crippen LogP contribution < -0.4 is 4.90 Å². The smallest absolute Gasteiger partial charge is 0.369 e. The van der Waals surface area contributed by atoms with Crippen LogP contribution in [-0.2, 0) is 6.18 Å². The summed E-state index contributed by atoms with van der Waals surface area (Å²) in [5.41, 5.74) is 0.881. The lowest BCUT2D eigenvalue weighted by atomic mass is 10.1. The third-order valence-electron chi connectivity index (χ3n) is 4.75. The first-order chi connectivity index (χ1) is 12.8. The van der Waals surface area contributed by atoms with E-state index in [9.17, 15) is 18.0 Å². The molecular formula is C20H20BrF3N2O. The number of Topliss-reactive ketones (excluding diaryl/α,β-unsaturated/α-hetero) is 1. The number of alkyl halides is 3. The van der Waals surface area contributed by atoms with Gasteiger partial charge in [0, 0.05) is 54.9 Å². The van der Waals surface area contributed by atoms with Gasteiger partial charge < -0.3 is 4.90 Å². The molecular weight excluding hydrogens is 421 g/mol. The monoisotopic (exact) mass is 440 g/mol. The first kappa shape index (κ1) is 19.9. The summed E-state index contributed by atoms with van der Waals surface area (Å²) in [6.45, 7) is 3.73. The fourth-order valence-electron chi connectivity index (χ4n) is 3.13. The van der Waals surface area contributed by atoms with E-state index in [0.717, 1.165) is 48.5 Å². The number of rotatable bonds is 5. The zero-order valence-electron chi connectivity index (χ0n) is 14.7. The number of benzene rings is 2. The molecule has 1 fully saturated rings. The van der Waals surface area contributed by atoms with Crippen LogP contribution in [-0.4, -0.2) is 43.4 Å². The van der Waals surface area contributed by atoms with Gasteiger partial charge in [-0.05, 0) is 36.4 Å². The van der Waals surface area contributed by atoms with Gasteiger partial charge in [-0.25, -0.2) is 0 Å². The molecule has 0 bridgehead atoms. The topological polar surface area (TPSA) is 23.6 Å². The highest BCUT2D eigenvalue weighted by Gasteiger charge is 2.30. The molecule has 144 valence electrons. The van der Waals surface area contributed by atoms with E-state index in [2.05, 4.69) is 25.7 Å². The third kappa shape index (κ3) is 5.32. The van der Waals surface area contributed by atoms with Crippen molar-refractivity contribution in [3.63, 3.8) is 0 Å². The Morgan fingerprint density at radius 3 is 2.07 bits per heavy atom. The normalized spacial score (nSPS) is 15.8. The molecule has 0 unspecified atom stereocenters. The van der Waals surface area contributed by atoms with Gasteiger partial charge in [0.15, 0.2) is 5.78 Å². The molecule has 0 aliphatic carbocycles. The summed E-state index contributed by atoms with van der Waals surface area (Å²) >= 11 is 3.35. The predicted octanol–water partition coefficient (Wildman–Crippen LogP) is 4.86. The number of ketones is 1. The molecule has 1 heterocycles. The summed E-state index contributed by atoms with van der Waals surface area (Å²) < 4.78 is 38.9. The van der Waals surface area contributed by atoms with Gasteiger partial charge in [0.05, 0.1) is 5.56 Å². The fourth-order valence-corrected chi connectivity index (χ4v) is 3.40. The fraction of sp³-hybridized carbons (Fsp3) is 0.350. The molecule has 1 saturated heterocycles. The van der Waals surface area contributed by atoms with E-state index >= 15 is 0 Å². The first-order valence-electron chi connectivity index (χ1n) is 8.76. The van der Waals surface area contributed by atoms with Crippen molar-refractivity contribution in [2.45, 2.75) is 12.6 Å². The standard InChI is InChI=1S/C20H20BrF3N2O/c21-17-5-1-15(2-6-17)19(27)9-10-25-11-13-26(14-12-25)18-7-3-16(4-8-18)20(22,23)24/h1-8H,9-14H2. The minimum absolute atomic E-state index is 0.118. The number of nitrogens with zero attached hydrogens (tertiary/aromatic N) is 2. The molecule has 0 aromatic heterocycles. The van der Waals surface area contributed by atoms with Crippen molar-refractivity contribution in [2.24, 2.45) is 0 Å². The van der Waals surface area contributed by atoms with Crippen LogP contribution in [0.3, 0.4) is 0 Å². The summed E-state index contributed by atoms with van der Waals surface area (Å²) in [4.78, 5) is 16.5. The molecule has 3 rings (SSSR count). The Labute approximate surface area is 164 Å². The second-order valence-corrected chi connectivity index (χ2v) is 7.47. The van der Waals surface area contributed by atoms with Gasteiger partial charge >= 0.3 is 6.18 Å². The Kier molecular flexibility index (Phi) is 6.22. The van der Waals surface area contributed by atoms with Crippen molar-refractivity contribution in [3.8, 4) is 0 Å². The van der Waals surface area contributed by atoms with Crippen molar-refractivity contribution in [3.05, 3.63) is 64.1 Å². The summed E-state index contributed by atoms with van der Waals surface area (Å²) in [5, 5.41) is 0. The van der Waals surface area contributed by atoms with Crippen LogP contribution in [0.25, 0.3) is 0 Å². The van der Waals surface area contributed by atoms with Gasteiger partial charge in [0.25, 0.3) is 0 Å². The van der Waals surface area contributed by atoms with Crippen molar-refractivity contribution >= 4 is 27.4 Å². The van der Waals surface area contributed by atoms with Crippen molar-refractivity contribution in [2.75, 3.05) is 37.6 Å². The molecule has 3 nitrogen and oxygen atoms in total. The highest BCUT2D eigenvalue weighted by Crippen LogP contribution is 2.30. The van der Waals surface area contributed by atoms with E-state index in [0.29, 0.717) is 18.5 Å². The first-order valence-corrected chi connectivity index (χ1v) is 9.55. The minimum atomic E-state index is -4.31. The van der Waals surface area contributed by atoms with Gasteiger partial charge in [-0.15, -0.1) is 0 Å². The van der Waals surface area contributed by atoms with E-state index in [1.165, 1.54) is 12.1 Å². The number of anilines is 1. The summed E-state index contributed by atoms with van der Waals surface area (Å²) in [6.07, 6.45) is -3.85. The largest absolute Gasteiger partial charge is 0.416 e. The third-order valence-corrected chi connectivity index (χ3v) is 5.28. The maximum absolute atomic E-state index is 12.7. The van der Waals surface area contributed by atoms with E-state index in [-0.39, 0.29) is 5.78 Å². The van der Waals surface area contributed by atoms with Crippen LogP contribution in [0, 0.1) is 0 Å². The van der Waals surface area contributed by atoms with Crippen molar-refractivity contribution in [1.82, 2.24) is 4.90 Å². The molecule has 1 aliphatic heterocycles. The molecule has 0 radical (unpaired) electrons. The zero-order chi connectivity index (χ0) is 19.4. The second-order valence-electron chi connectivity index (χ2n) is 6.55. The van der Waals surface area contributed by atoms with Gasteiger partial charge in [-0.1, -0.05) is 28.1 Å². The molecule has 0 atom stereocenters. The summed E-state index contributed by atoms with van der Waals surface area (Å²) in [7, 11) is 0. The second kappa shape index (κ2) is 8.44. The molecule has 2 aromatic rings. The van der Waals surface area contributed by atoms with Gasteiger partial charge in [-0.2, -0.15) is 13.2 Å². The Hall–Kier alpha value is -1.86. The number of hydrogen-bond acceptors (Lipinski definition) is 3. The van der Waals surface area contributed by atoms with Gasteiger partial charge in [-0.3, -0.25) is 9.69 Å². The lowest BCUT2D eigenvalue weighted by molar-refractivity contribution is -0.137. The molecule has 1 aliphatic rings. The average molecular weight is 441 g/mol. The zero-order valence-corrected chi connectivity index (χ0v) is 16.3.